The van der Waals surface area contributed by atoms with Crippen molar-refractivity contribution in [2.45, 2.75) is 6.42 Å². The van der Waals surface area contributed by atoms with Gasteiger partial charge in [0, 0.05) is 6.42 Å². The summed E-state index contributed by atoms with van der Waals surface area (Å²) in [6.07, 6.45) is 0. The van der Waals surface area contributed by atoms with Crippen LogP contribution in [0.3, 0.4) is 0 Å². The molecule has 0 aromatic rings. The Morgan fingerprint density at radius 3 is 2.17 bits per heavy atom. The summed E-state index contributed by atoms with van der Waals surface area (Å²) in [5, 5.41) is 0. The molecule has 0 aliphatic carbocycles. The summed E-state index contributed by atoms with van der Waals surface area (Å²) in [4.78, 5) is 23.1. The molecule has 0 amide bonds. The van der Waals surface area contributed by atoms with Crippen LogP contribution in [0.4, 0.5) is 4.39 Å². The number of alkyl halides is 1. The van der Waals surface area contributed by atoms with Crippen LogP contribution >= 0.6 is 7.82 Å². The largest absolute Gasteiger partial charge is 1.00 e. The Balaban J connectivity index is -0.000000405. The van der Waals surface area contributed by atoms with Crippen molar-refractivity contribution in [2.24, 2.45) is 0 Å². The fourth-order valence-electron chi connectivity index (χ4n) is 0.215. The SMILES string of the molecule is O=P([O-])([O-])OOCCCF.[Li+].[Li+]. The van der Waals surface area contributed by atoms with Crippen LogP contribution in [-0.4, -0.2) is 13.3 Å². The van der Waals surface area contributed by atoms with Gasteiger partial charge in [-0.25, -0.2) is 9.56 Å². The predicted octanol–water partition coefficient (Wildman–Crippen LogP) is -6.87. The number of hydrogen-bond donors (Lipinski definition) is 0. The van der Waals surface area contributed by atoms with E-state index in [1.807, 2.05) is 0 Å². The van der Waals surface area contributed by atoms with E-state index >= 15 is 0 Å². The van der Waals surface area contributed by atoms with Gasteiger partial charge in [0.1, 0.15) is 7.82 Å². The summed E-state index contributed by atoms with van der Waals surface area (Å²) in [7, 11) is -5.05. The third kappa shape index (κ3) is 17.3. The van der Waals surface area contributed by atoms with Gasteiger partial charge in [-0.3, -0.25) is 4.39 Å². The van der Waals surface area contributed by atoms with Gasteiger partial charge in [-0.2, -0.15) is 0 Å². The molecule has 0 aromatic heterocycles. The van der Waals surface area contributed by atoms with Gasteiger partial charge in [-0.05, 0) is 0 Å². The van der Waals surface area contributed by atoms with Crippen molar-refractivity contribution in [2.75, 3.05) is 13.3 Å². The van der Waals surface area contributed by atoms with E-state index in [0.717, 1.165) is 0 Å². The molecule has 0 heterocycles. The van der Waals surface area contributed by atoms with Crippen LogP contribution in [0.1, 0.15) is 6.42 Å². The van der Waals surface area contributed by atoms with Gasteiger partial charge in [0.05, 0.1) is 13.3 Å². The summed E-state index contributed by atoms with van der Waals surface area (Å²) in [5.74, 6) is 0. The van der Waals surface area contributed by atoms with Crippen LogP contribution in [0, 0.1) is 0 Å². The average molecular weight is 186 g/mol. The molecule has 62 valence electrons. The Bertz CT molecular complexity index is 130. The Kier molecular flexibility index (Phi) is 16.2. The minimum absolute atomic E-state index is 0. The molecule has 0 rings (SSSR count). The average Bonchev–Trinajstić information content (AvgIpc) is 1.78. The van der Waals surface area contributed by atoms with Gasteiger partial charge >= 0.3 is 37.7 Å². The van der Waals surface area contributed by atoms with Crippen LogP contribution in [0.2, 0.25) is 0 Å². The van der Waals surface area contributed by atoms with Crippen LogP contribution in [-0.2, 0) is 14.1 Å². The fourth-order valence-corrected chi connectivity index (χ4v) is 0.419. The molecule has 0 aromatic carbocycles. The molecule has 0 aliphatic rings. The van der Waals surface area contributed by atoms with Crippen molar-refractivity contribution < 1.29 is 66.0 Å². The first kappa shape index (κ1) is 18.9. The van der Waals surface area contributed by atoms with Crippen LogP contribution in [0.5, 0.6) is 0 Å². The van der Waals surface area contributed by atoms with Crippen molar-refractivity contribution in [3.05, 3.63) is 0 Å². The molecule has 0 saturated heterocycles. The molecule has 0 N–H and O–H groups in total. The van der Waals surface area contributed by atoms with Gasteiger partial charge in [-0.15, -0.1) is 0 Å². The zero-order valence-corrected chi connectivity index (χ0v) is 7.88. The number of phosphoric acid groups is 1. The quantitative estimate of drug-likeness (QED) is 0.140. The molecule has 12 heavy (non-hydrogen) atoms. The van der Waals surface area contributed by atoms with Gasteiger partial charge in [0.25, 0.3) is 0 Å². The second-order valence-electron chi connectivity index (χ2n) is 1.39. The molecule has 0 aliphatic heterocycles. The van der Waals surface area contributed by atoms with E-state index in [-0.39, 0.29) is 50.7 Å². The first-order valence-corrected chi connectivity index (χ1v) is 3.91. The molecule has 9 heteroatoms. The minimum Gasteiger partial charge on any atom is -0.788 e. The molecular formula is C3H6FLi2O5P. The summed E-state index contributed by atoms with van der Waals surface area (Å²) in [6, 6.07) is 0. The van der Waals surface area contributed by atoms with Gasteiger partial charge < -0.3 is 14.4 Å². The molecule has 0 unspecified atom stereocenters. The first-order chi connectivity index (χ1) is 4.56. The maximum Gasteiger partial charge on any atom is 1.00 e. The fraction of sp³-hybridized carbons (Fsp3) is 1.00. The molecule has 0 atom stereocenters. The van der Waals surface area contributed by atoms with Crippen molar-refractivity contribution in [1.82, 2.24) is 0 Å². The van der Waals surface area contributed by atoms with Crippen molar-refractivity contribution in [3.63, 3.8) is 0 Å². The van der Waals surface area contributed by atoms with Crippen molar-refractivity contribution in [3.8, 4) is 0 Å². The molecule has 0 radical (unpaired) electrons. The molecular weight excluding hydrogens is 180 g/mol. The second kappa shape index (κ2) is 10.3. The Hall–Kier alpha value is 1.19. The maximum absolute atomic E-state index is 11.3. The smallest absolute Gasteiger partial charge is 0.788 e. The topological polar surface area (TPSA) is 81.7 Å². The van der Waals surface area contributed by atoms with E-state index < -0.39 is 14.5 Å². The Morgan fingerprint density at radius 2 is 1.83 bits per heavy atom. The van der Waals surface area contributed by atoms with Crippen LogP contribution in [0.25, 0.3) is 0 Å². The van der Waals surface area contributed by atoms with Gasteiger partial charge in [0.2, 0.25) is 0 Å². The number of halogens is 1. The third-order valence-corrected chi connectivity index (χ3v) is 0.793. The summed E-state index contributed by atoms with van der Waals surface area (Å²) < 4.78 is 24.2. The van der Waals surface area contributed by atoms with E-state index in [0.29, 0.717) is 0 Å². The first-order valence-electron chi connectivity index (χ1n) is 2.45. The maximum atomic E-state index is 11.3. The molecule has 0 fully saturated rings. The van der Waals surface area contributed by atoms with E-state index in [1.54, 1.807) is 0 Å². The zero-order chi connectivity index (χ0) is 8.04. The third-order valence-electron chi connectivity index (χ3n) is 0.505. The van der Waals surface area contributed by atoms with E-state index in [2.05, 4.69) is 9.56 Å². The molecule has 5 nitrogen and oxygen atoms in total. The Labute approximate surface area is 93.5 Å². The molecule has 0 bridgehead atoms. The number of rotatable bonds is 5. The summed E-state index contributed by atoms with van der Waals surface area (Å²) in [6.45, 7) is -0.893. The van der Waals surface area contributed by atoms with Gasteiger partial charge in [-0.1, -0.05) is 0 Å². The van der Waals surface area contributed by atoms with E-state index in [9.17, 15) is 18.7 Å². The zero-order valence-electron chi connectivity index (χ0n) is 6.99. The molecule has 0 spiro atoms. The minimum atomic E-state index is -5.05. The van der Waals surface area contributed by atoms with E-state index in [4.69, 9.17) is 0 Å². The normalized spacial score (nSPS) is 9.92. The summed E-state index contributed by atoms with van der Waals surface area (Å²) in [5.41, 5.74) is 0. The second-order valence-corrected chi connectivity index (χ2v) is 2.43. The van der Waals surface area contributed by atoms with Crippen molar-refractivity contribution in [1.29, 1.82) is 0 Å². The number of hydrogen-bond acceptors (Lipinski definition) is 5. The summed E-state index contributed by atoms with van der Waals surface area (Å²) >= 11 is 0. The van der Waals surface area contributed by atoms with Crippen LogP contribution < -0.4 is 47.5 Å². The Morgan fingerprint density at radius 1 is 1.33 bits per heavy atom. The molecule has 0 saturated carbocycles. The van der Waals surface area contributed by atoms with Crippen molar-refractivity contribution >= 4 is 7.82 Å². The van der Waals surface area contributed by atoms with Crippen LogP contribution in [0.15, 0.2) is 0 Å². The van der Waals surface area contributed by atoms with E-state index in [1.165, 1.54) is 0 Å². The van der Waals surface area contributed by atoms with Gasteiger partial charge in [0.15, 0.2) is 0 Å². The monoisotopic (exact) mass is 186 g/mol. The standard InChI is InChI=1S/C3H8FO5P.2Li/c4-2-1-3-8-9-10(5,6)7;;/h1-3H2,(H2,5,6,7);;/q;2*+1/p-2. The predicted molar refractivity (Wildman–Crippen MR) is 25.2 cm³/mol.